The maximum absolute atomic E-state index is 12.6. The van der Waals surface area contributed by atoms with E-state index < -0.39 is 5.97 Å². The standard InChI is InChI=1S/C18H26N2O4/c1-14-6-7-15(13-16(14)24-2)18(23)20-11-9-19(10-12-20)8-4-3-5-17(21)22/h6-7,13H,3-5,8-12H2,1-2H3,(H,21,22). The van der Waals surface area contributed by atoms with Gasteiger partial charge in [0.05, 0.1) is 7.11 Å². The lowest BCUT2D eigenvalue weighted by Gasteiger charge is -2.34. The van der Waals surface area contributed by atoms with Gasteiger partial charge in [-0.2, -0.15) is 0 Å². The first-order chi connectivity index (χ1) is 11.5. The Balaban J connectivity index is 1.81. The summed E-state index contributed by atoms with van der Waals surface area (Å²) in [6, 6.07) is 5.55. The molecule has 0 bridgehead atoms. The van der Waals surface area contributed by atoms with E-state index in [9.17, 15) is 9.59 Å². The highest BCUT2D eigenvalue weighted by molar-refractivity contribution is 5.94. The van der Waals surface area contributed by atoms with Gasteiger partial charge < -0.3 is 14.7 Å². The van der Waals surface area contributed by atoms with E-state index in [1.54, 1.807) is 13.2 Å². The molecule has 1 fully saturated rings. The first-order valence-corrected chi connectivity index (χ1v) is 8.39. The summed E-state index contributed by atoms with van der Waals surface area (Å²) in [5, 5.41) is 8.64. The van der Waals surface area contributed by atoms with Crippen LogP contribution in [0.1, 0.15) is 35.2 Å². The Morgan fingerprint density at radius 1 is 1.17 bits per heavy atom. The molecule has 0 atom stereocenters. The van der Waals surface area contributed by atoms with E-state index in [0.717, 1.165) is 37.4 Å². The average molecular weight is 334 g/mol. The second-order valence-electron chi connectivity index (χ2n) is 6.17. The fourth-order valence-corrected chi connectivity index (χ4v) is 2.92. The third-order valence-corrected chi connectivity index (χ3v) is 4.43. The number of hydrogen-bond donors (Lipinski definition) is 1. The van der Waals surface area contributed by atoms with Crippen LogP contribution in [-0.4, -0.2) is 66.6 Å². The van der Waals surface area contributed by atoms with Gasteiger partial charge >= 0.3 is 5.97 Å². The lowest BCUT2D eigenvalue weighted by molar-refractivity contribution is -0.137. The molecule has 6 nitrogen and oxygen atoms in total. The van der Waals surface area contributed by atoms with Gasteiger partial charge in [0.25, 0.3) is 5.91 Å². The Morgan fingerprint density at radius 2 is 1.88 bits per heavy atom. The maximum Gasteiger partial charge on any atom is 0.303 e. The van der Waals surface area contributed by atoms with Gasteiger partial charge in [-0.1, -0.05) is 6.07 Å². The van der Waals surface area contributed by atoms with Crippen molar-refractivity contribution in [3.8, 4) is 5.75 Å². The fraction of sp³-hybridized carbons (Fsp3) is 0.556. The molecule has 1 saturated heterocycles. The zero-order valence-corrected chi connectivity index (χ0v) is 14.5. The summed E-state index contributed by atoms with van der Waals surface area (Å²) < 4.78 is 5.29. The van der Waals surface area contributed by atoms with Crippen LogP contribution in [0, 0.1) is 6.92 Å². The summed E-state index contributed by atoms with van der Waals surface area (Å²) in [5.41, 5.74) is 1.67. The number of benzene rings is 1. The van der Waals surface area contributed by atoms with Crippen LogP contribution in [0.4, 0.5) is 0 Å². The molecule has 1 aromatic rings. The molecule has 0 aliphatic carbocycles. The van der Waals surface area contributed by atoms with Crippen LogP contribution in [0.5, 0.6) is 5.75 Å². The number of unbranched alkanes of at least 4 members (excludes halogenated alkanes) is 1. The third kappa shape index (κ3) is 4.96. The third-order valence-electron chi connectivity index (χ3n) is 4.43. The molecule has 1 aliphatic rings. The van der Waals surface area contributed by atoms with Crippen LogP contribution in [-0.2, 0) is 4.79 Å². The second-order valence-corrected chi connectivity index (χ2v) is 6.17. The van der Waals surface area contributed by atoms with E-state index in [1.807, 2.05) is 24.0 Å². The van der Waals surface area contributed by atoms with Gasteiger partial charge in [0.2, 0.25) is 0 Å². The minimum atomic E-state index is -0.737. The number of aliphatic carboxylic acids is 1. The predicted molar refractivity (Wildman–Crippen MR) is 91.6 cm³/mol. The van der Waals surface area contributed by atoms with Gasteiger partial charge in [-0.05, 0) is 44.0 Å². The number of carbonyl (C=O) groups excluding carboxylic acids is 1. The number of methoxy groups -OCH3 is 1. The number of ether oxygens (including phenoxy) is 1. The van der Waals surface area contributed by atoms with Crippen molar-refractivity contribution < 1.29 is 19.4 Å². The SMILES string of the molecule is COc1cc(C(=O)N2CCN(CCCCC(=O)O)CC2)ccc1C. The van der Waals surface area contributed by atoms with Crippen molar-refractivity contribution in [2.24, 2.45) is 0 Å². The highest BCUT2D eigenvalue weighted by atomic mass is 16.5. The number of hydrogen-bond acceptors (Lipinski definition) is 4. The summed E-state index contributed by atoms with van der Waals surface area (Å²) in [5.74, 6) is 0.0377. The van der Waals surface area contributed by atoms with Crippen molar-refractivity contribution in [1.82, 2.24) is 9.80 Å². The molecule has 0 radical (unpaired) electrons. The van der Waals surface area contributed by atoms with Crippen LogP contribution >= 0.6 is 0 Å². The normalized spacial score (nSPS) is 15.3. The predicted octanol–water partition coefficient (Wildman–Crippen LogP) is 2.02. The summed E-state index contributed by atoms with van der Waals surface area (Å²) >= 11 is 0. The molecule has 1 heterocycles. The van der Waals surface area contributed by atoms with Crippen LogP contribution in [0.2, 0.25) is 0 Å². The van der Waals surface area contributed by atoms with E-state index >= 15 is 0 Å². The van der Waals surface area contributed by atoms with Crippen LogP contribution in [0.25, 0.3) is 0 Å². The molecule has 2 rings (SSSR count). The van der Waals surface area contributed by atoms with Gasteiger partial charge in [-0.25, -0.2) is 0 Å². The van der Waals surface area contributed by atoms with Crippen molar-refractivity contribution in [1.29, 1.82) is 0 Å². The molecular formula is C18H26N2O4. The Bertz CT molecular complexity index is 580. The van der Waals surface area contributed by atoms with E-state index in [1.165, 1.54) is 0 Å². The quantitative estimate of drug-likeness (QED) is 0.773. The Morgan fingerprint density at radius 3 is 2.50 bits per heavy atom. The lowest BCUT2D eigenvalue weighted by Crippen LogP contribution is -2.48. The van der Waals surface area contributed by atoms with Crippen LogP contribution in [0.15, 0.2) is 18.2 Å². The van der Waals surface area contributed by atoms with Crippen molar-refractivity contribution in [3.05, 3.63) is 29.3 Å². The number of piperazine rings is 1. The zero-order valence-electron chi connectivity index (χ0n) is 14.5. The number of rotatable bonds is 7. The van der Waals surface area contributed by atoms with E-state index in [4.69, 9.17) is 9.84 Å². The molecule has 0 saturated carbocycles. The maximum atomic E-state index is 12.6. The fourth-order valence-electron chi connectivity index (χ4n) is 2.92. The molecule has 1 aromatic carbocycles. The summed E-state index contributed by atoms with van der Waals surface area (Å²) in [7, 11) is 1.61. The second kappa shape index (κ2) is 8.68. The Hall–Kier alpha value is -2.08. The molecule has 0 aromatic heterocycles. The minimum Gasteiger partial charge on any atom is -0.496 e. The highest BCUT2D eigenvalue weighted by Crippen LogP contribution is 2.20. The number of carboxylic acids is 1. The molecule has 6 heteroatoms. The van der Waals surface area contributed by atoms with Gasteiger partial charge in [-0.15, -0.1) is 0 Å². The van der Waals surface area contributed by atoms with Gasteiger partial charge in [0, 0.05) is 38.2 Å². The first kappa shape index (κ1) is 18.3. The minimum absolute atomic E-state index is 0.0406. The summed E-state index contributed by atoms with van der Waals surface area (Å²) in [6.45, 7) is 5.93. The van der Waals surface area contributed by atoms with Gasteiger partial charge in [0.15, 0.2) is 0 Å². The van der Waals surface area contributed by atoms with Crippen molar-refractivity contribution in [3.63, 3.8) is 0 Å². The average Bonchev–Trinajstić information content (AvgIpc) is 2.59. The van der Waals surface area contributed by atoms with Crippen molar-refractivity contribution in [2.75, 3.05) is 39.8 Å². The van der Waals surface area contributed by atoms with Gasteiger partial charge in [-0.3, -0.25) is 14.5 Å². The molecule has 24 heavy (non-hydrogen) atoms. The summed E-state index contributed by atoms with van der Waals surface area (Å²) in [6.07, 6.45) is 1.82. The zero-order chi connectivity index (χ0) is 17.5. The molecule has 0 unspecified atom stereocenters. The highest BCUT2D eigenvalue weighted by Gasteiger charge is 2.22. The number of nitrogens with zero attached hydrogens (tertiary/aromatic N) is 2. The molecule has 1 N–H and O–H groups in total. The first-order valence-electron chi connectivity index (χ1n) is 8.39. The molecule has 1 aliphatic heterocycles. The van der Waals surface area contributed by atoms with E-state index in [2.05, 4.69) is 4.90 Å². The number of aryl methyl sites for hydroxylation is 1. The molecule has 132 valence electrons. The number of carboxylic acid groups (broad SMARTS) is 1. The Kier molecular flexibility index (Phi) is 6.61. The van der Waals surface area contributed by atoms with Crippen LogP contribution in [0.3, 0.4) is 0 Å². The van der Waals surface area contributed by atoms with Crippen LogP contribution < -0.4 is 4.74 Å². The van der Waals surface area contributed by atoms with E-state index in [-0.39, 0.29) is 12.3 Å². The molecule has 0 spiro atoms. The van der Waals surface area contributed by atoms with Gasteiger partial charge in [0.1, 0.15) is 5.75 Å². The van der Waals surface area contributed by atoms with E-state index in [0.29, 0.717) is 25.1 Å². The number of carbonyl (C=O) groups is 2. The topological polar surface area (TPSA) is 70.1 Å². The lowest BCUT2D eigenvalue weighted by atomic mass is 10.1. The largest absolute Gasteiger partial charge is 0.496 e. The van der Waals surface area contributed by atoms with Crippen molar-refractivity contribution >= 4 is 11.9 Å². The molecular weight excluding hydrogens is 308 g/mol. The monoisotopic (exact) mass is 334 g/mol. The smallest absolute Gasteiger partial charge is 0.303 e. The Labute approximate surface area is 143 Å². The number of amides is 1. The van der Waals surface area contributed by atoms with Crippen molar-refractivity contribution in [2.45, 2.75) is 26.2 Å². The molecule has 1 amide bonds. The summed E-state index contributed by atoms with van der Waals surface area (Å²) in [4.78, 5) is 27.3.